The first kappa shape index (κ1) is 14.7. The largest absolute Gasteiger partial charge is 0.425 e. The van der Waals surface area contributed by atoms with E-state index in [-0.39, 0.29) is 12.3 Å². The highest BCUT2D eigenvalue weighted by molar-refractivity contribution is 5.72. The second-order valence-electron chi connectivity index (χ2n) is 3.47. The molecule has 0 fully saturated rings. The summed E-state index contributed by atoms with van der Waals surface area (Å²) >= 11 is 0. The average molecular weight is 234 g/mol. The molecule has 93 valence electrons. The molecular weight excluding hydrogens is 217 g/mol. The third-order valence-corrected chi connectivity index (χ3v) is 1.55. The molecule has 0 bridgehead atoms. The van der Waals surface area contributed by atoms with Gasteiger partial charge in [-0.3, -0.25) is 10.1 Å². The number of carbonyl (C=O) groups excluding carboxylic acids is 2. The van der Waals surface area contributed by atoms with Crippen molar-refractivity contribution in [3.8, 4) is 0 Å². The van der Waals surface area contributed by atoms with Crippen molar-refractivity contribution in [2.24, 2.45) is 5.92 Å². The lowest BCUT2D eigenvalue weighted by molar-refractivity contribution is -0.168. The van der Waals surface area contributed by atoms with Crippen LogP contribution in [0.4, 0.5) is 9.18 Å². The van der Waals surface area contributed by atoms with Crippen LogP contribution in [0.15, 0.2) is 0 Å². The number of amides is 1. The van der Waals surface area contributed by atoms with Gasteiger partial charge in [-0.25, -0.2) is 9.18 Å². The van der Waals surface area contributed by atoms with Crippen LogP contribution in [0, 0.1) is 12.8 Å². The first-order valence-electron chi connectivity index (χ1n) is 4.97. The number of hydrogen-bond acceptors (Lipinski definition) is 4. The zero-order chi connectivity index (χ0) is 12.7. The smallest absolute Gasteiger partial charge is 0.412 e. The average Bonchev–Trinajstić information content (AvgIpc) is 2.16. The molecule has 0 saturated carbocycles. The molecule has 6 heteroatoms. The Balaban J connectivity index is 3.91. The Morgan fingerprint density at radius 3 is 2.31 bits per heavy atom. The van der Waals surface area contributed by atoms with Gasteiger partial charge in [0.2, 0.25) is 6.29 Å². The highest BCUT2D eigenvalue weighted by atomic mass is 19.1. The first-order chi connectivity index (χ1) is 7.36. The lowest BCUT2D eigenvalue weighted by atomic mass is 10.2. The Labute approximate surface area is 94.3 Å². The van der Waals surface area contributed by atoms with Crippen molar-refractivity contribution >= 4 is 12.1 Å². The van der Waals surface area contributed by atoms with E-state index < -0.39 is 24.6 Å². The van der Waals surface area contributed by atoms with E-state index in [2.05, 4.69) is 11.7 Å². The number of nitrogens with one attached hydrogen (secondary N) is 1. The predicted octanol–water partition coefficient (Wildman–Crippen LogP) is 1.78. The first-order valence-corrected chi connectivity index (χ1v) is 4.97. The number of rotatable bonds is 5. The maximum atomic E-state index is 12.6. The summed E-state index contributed by atoms with van der Waals surface area (Å²) in [6, 6.07) is 0. The quantitative estimate of drug-likeness (QED) is 0.447. The Morgan fingerprint density at radius 2 is 1.88 bits per heavy atom. The van der Waals surface area contributed by atoms with Crippen LogP contribution in [0.3, 0.4) is 0 Å². The predicted molar refractivity (Wildman–Crippen MR) is 54.9 cm³/mol. The number of alkyl carbamates (subject to hydrolysis) is 1. The van der Waals surface area contributed by atoms with Gasteiger partial charge in [-0.1, -0.05) is 13.8 Å². The van der Waals surface area contributed by atoms with Crippen molar-refractivity contribution in [1.29, 1.82) is 0 Å². The van der Waals surface area contributed by atoms with Gasteiger partial charge in [0.15, 0.2) is 6.30 Å². The summed E-state index contributed by atoms with van der Waals surface area (Å²) in [7, 11) is 0. The molecule has 1 radical (unpaired) electrons. The summed E-state index contributed by atoms with van der Waals surface area (Å²) in [5.74, 6) is -0.808. The van der Waals surface area contributed by atoms with E-state index in [4.69, 9.17) is 4.74 Å². The molecule has 1 N–H and O–H groups in total. The van der Waals surface area contributed by atoms with Gasteiger partial charge in [-0.15, -0.1) is 0 Å². The molecule has 0 aromatic heterocycles. The van der Waals surface area contributed by atoms with E-state index in [0.29, 0.717) is 0 Å². The Hall–Kier alpha value is -1.33. The van der Waals surface area contributed by atoms with Crippen molar-refractivity contribution in [3.63, 3.8) is 0 Å². The number of esters is 1. The molecule has 5 nitrogen and oxygen atoms in total. The molecule has 0 aromatic rings. The summed E-state index contributed by atoms with van der Waals surface area (Å²) in [4.78, 5) is 22.1. The molecule has 0 saturated heterocycles. The molecule has 0 aliphatic rings. The summed E-state index contributed by atoms with van der Waals surface area (Å²) in [5.41, 5.74) is 0. The minimum atomic E-state index is -1.57. The van der Waals surface area contributed by atoms with Gasteiger partial charge < -0.3 is 9.47 Å². The maximum Gasteiger partial charge on any atom is 0.412 e. The van der Waals surface area contributed by atoms with Crippen molar-refractivity contribution in [2.75, 3.05) is 0 Å². The molecular formula is C10H17FNO4. The van der Waals surface area contributed by atoms with Crippen LogP contribution in [-0.4, -0.2) is 24.6 Å². The summed E-state index contributed by atoms with van der Waals surface area (Å²) < 4.78 is 22.0. The second-order valence-corrected chi connectivity index (χ2v) is 3.47. The van der Waals surface area contributed by atoms with Gasteiger partial charge in [0, 0.05) is 6.92 Å². The molecule has 16 heavy (non-hydrogen) atoms. The van der Waals surface area contributed by atoms with Gasteiger partial charge >= 0.3 is 12.1 Å². The minimum absolute atomic E-state index is 0.102. The Bertz CT molecular complexity index is 245. The van der Waals surface area contributed by atoms with Crippen LogP contribution >= 0.6 is 0 Å². The SMILES string of the molecule is [CH2]CC(F)NC(=O)OC(C)OC(=O)C(C)C. The highest BCUT2D eigenvalue weighted by Gasteiger charge is 2.17. The molecule has 0 spiro atoms. The van der Waals surface area contributed by atoms with Gasteiger partial charge in [0.05, 0.1) is 5.92 Å². The van der Waals surface area contributed by atoms with Gasteiger partial charge in [0.25, 0.3) is 0 Å². The molecule has 0 rings (SSSR count). The second kappa shape index (κ2) is 7.03. The number of ether oxygens (including phenoxy) is 2. The fraction of sp³-hybridized carbons (Fsp3) is 0.700. The highest BCUT2D eigenvalue weighted by Crippen LogP contribution is 2.02. The zero-order valence-electron chi connectivity index (χ0n) is 9.66. The lowest BCUT2D eigenvalue weighted by Crippen LogP contribution is -2.35. The number of hydrogen-bond donors (Lipinski definition) is 1. The van der Waals surface area contributed by atoms with Gasteiger partial charge in [0.1, 0.15) is 0 Å². The maximum absolute atomic E-state index is 12.6. The molecule has 0 aromatic carbocycles. The Kier molecular flexibility index (Phi) is 6.44. The van der Waals surface area contributed by atoms with Gasteiger partial charge in [-0.05, 0) is 13.3 Å². The van der Waals surface area contributed by atoms with E-state index in [1.165, 1.54) is 6.92 Å². The third kappa shape index (κ3) is 6.21. The standard InChI is InChI=1S/C10H17FNO4/c1-5-8(11)12-10(14)16-7(4)15-9(13)6(2)3/h6-8H,1,5H2,2-4H3,(H,12,14). The molecule has 2 unspecified atom stereocenters. The van der Waals surface area contributed by atoms with Crippen LogP contribution in [0.5, 0.6) is 0 Å². The topological polar surface area (TPSA) is 64.6 Å². The minimum Gasteiger partial charge on any atom is -0.425 e. The van der Waals surface area contributed by atoms with E-state index in [1.54, 1.807) is 13.8 Å². The Morgan fingerprint density at radius 1 is 1.31 bits per heavy atom. The number of halogens is 1. The molecule has 0 aliphatic carbocycles. The summed E-state index contributed by atoms with van der Waals surface area (Å²) in [5, 5.41) is 1.88. The molecule has 2 atom stereocenters. The monoisotopic (exact) mass is 234 g/mol. The zero-order valence-corrected chi connectivity index (χ0v) is 9.66. The fourth-order valence-corrected chi connectivity index (χ4v) is 0.709. The van der Waals surface area contributed by atoms with Crippen molar-refractivity contribution in [2.45, 2.75) is 39.8 Å². The molecule has 0 aliphatic heterocycles. The van der Waals surface area contributed by atoms with Crippen LogP contribution in [0.1, 0.15) is 27.2 Å². The lowest BCUT2D eigenvalue weighted by Gasteiger charge is -2.16. The van der Waals surface area contributed by atoms with Crippen molar-refractivity contribution in [1.82, 2.24) is 5.32 Å². The van der Waals surface area contributed by atoms with Crippen LogP contribution in [-0.2, 0) is 14.3 Å². The van der Waals surface area contributed by atoms with Crippen LogP contribution in [0.25, 0.3) is 0 Å². The van der Waals surface area contributed by atoms with Crippen LogP contribution < -0.4 is 5.32 Å². The molecule has 0 heterocycles. The van der Waals surface area contributed by atoms with E-state index >= 15 is 0 Å². The van der Waals surface area contributed by atoms with Crippen molar-refractivity contribution in [3.05, 3.63) is 6.92 Å². The number of carbonyl (C=O) groups is 2. The number of alkyl halides is 1. The summed E-state index contributed by atoms with van der Waals surface area (Å²) in [6.07, 6.45) is -3.71. The third-order valence-electron chi connectivity index (χ3n) is 1.55. The van der Waals surface area contributed by atoms with Crippen LogP contribution in [0.2, 0.25) is 0 Å². The van der Waals surface area contributed by atoms with E-state index in [9.17, 15) is 14.0 Å². The molecule has 1 amide bonds. The fourth-order valence-electron chi connectivity index (χ4n) is 0.709. The normalized spacial score (nSPS) is 14.1. The summed E-state index contributed by atoms with van der Waals surface area (Å²) in [6.45, 7) is 7.93. The van der Waals surface area contributed by atoms with Crippen molar-refractivity contribution < 1.29 is 23.5 Å². The van der Waals surface area contributed by atoms with E-state index in [1.807, 2.05) is 5.32 Å². The van der Waals surface area contributed by atoms with Gasteiger partial charge in [-0.2, -0.15) is 0 Å². The van der Waals surface area contributed by atoms with E-state index in [0.717, 1.165) is 0 Å².